The van der Waals surface area contributed by atoms with Crippen LogP contribution in [-0.2, 0) is 0 Å². The van der Waals surface area contributed by atoms with E-state index in [1.807, 2.05) is 6.07 Å². The molecule has 0 bridgehead atoms. The Balaban J connectivity index is 2.44. The molecule has 2 rings (SSSR count). The van der Waals surface area contributed by atoms with Gasteiger partial charge < -0.3 is 10.8 Å². The molecule has 0 aliphatic carbocycles. The Bertz CT molecular complexity index is 439. The first-order valence-corrected chi connectivity index (χ1v) is 4.12. The fourth-order valence-electron chi connectivity index (χ4n) is 1.15. The number of nitrogens with two attached hydrogens (primary N) is 1. The number of rotatable bonds is 1. The molecule has 1 aromatic carbocycles. The van der Waals surface area contributed by atoms with Crippen molar-refractivity contribution in [3.8, 4) is 17.0 Å². The summed E-state index contributed by atoms with van der Waals surface area (Å²) in [6.07, 6.45) is 3.06. The number of hydrogen-bond donors (Lipinski definition) is 2. The van der Waals surface area contributed by atoms with Crippen LogP contribution < -0.4 is 5.73 Å². The normalized spacial score (nSPS) is 10.0. The average Bonchev–Trinajstić information content (AvgIpc) is 2.19. The summed E-state index contributed by atoms with van der Waals surface area (Å²) >= 11 is 0. The molecule has 1 aromatic heterocycles. The number of aromatic hydroxyl groups is 1. The standard InChI is InChI=1S/C10H9N3O/c11-10-6-12-9(5-13-10)7-2-1-3-8(14)4-7/h1-6,14H,(H2,11,13). The van der Waals surface area contributed by atoms with Crippen LogP contribution >= 0.6 is 0 Å². The van der Waals surface area contributed by atoms with E-state index in [1.54, 1.807) is 24.4 Å². The maximum atomic E-state index is 9.26. The minimum absolute atomic E-state index is 0.209. The van der Waals surface area contributed by atoms with Crippen LogP contribution in [0, 0.1) is 0 Å². The van der Waals surface area contributed by atoms with Gasteiger partial charge in [-0.05, 0) is 12.1 Å². The minimum Gasteiger partial charge on any atom is -0.508 e. The van der Waals surface area contributed by atoms with E-state index in [9.17, 15) is 5.11 Å². The highest BCUT2D eigenvalue weighted by atomic mass is 16.3. The van der Waals surface area contributed by atoms with E-state index in [-0.39, 0.29) is 5.75 Å². The SMILES string of the molecule is Nc1cnc(-c2cccc(O)c2)cn1. The molecule has 0 aliphatic rings. The van der Waals surface area contributed by atoms with Gasteiger partial charge in [-0.1, -0.05) is 12.1 Å². The van der Waals surface area contributed by atoms with Gasteiger partial charge in [0.2, 0.25) is 0 Å². The van der Waals surface area contributed by atoms with Gasteiger partial charge in [-0.15, -0.1) is 0 Å². The molecule has 0 aliphatic heterocycles. The second-order valence-electron chi connectivity index (χ2n) is 2.88. The molecule has 3 N–H and O–H groups in total. The van der Waals surface area contributed by atoms with Gasteiger partial charge in [0.05, 0.1) is 18.1 Å². The van der Waals surface area contributed by atoms with Gasteiger partial charge in [-0.2, -0.15) is 0 Å². The lowest BCUT2D eigenvalue weighted by Crippen LogP contribution is -1.92. The van der Waals surface area contributed by atoms with Crippen LogP contribution in [0.2, 0.25) is 0 Å². The molecule has 0 radical (unpaired) electrons. The Kier molecular flexibility index (Phi) is 2.02. The number of aromatic nitrogens is 2. The van der Waals surface area contributed by atoms with Crippen LogP contribution in [-0.4, -0.2) is 15.1 Å². The van der Waals surface area contributed by atoms with Crippen molar-refractivity contribution in [3.63, 3.8) is 0 Å². The number of benzene rings is 1. The molecule has 0 amide bonds. The van der Waals surface area contributed by atoms with Crippen LogP contribution in [0.15, 0.2) is 36.7 Å². The molecule has 70 valence electrons. The predicted molar refractivity (Wildman–Crippen MR) is 53.5 cm³/mol. The van der Waals surface area contributed by atoms with Crippen LogP contribution in [0.3, 0.4) is 0 Å². The van der Waals surface area contributed by atoms with Crippen molar-refractivity contribution < 1.29 is 5.11 Å². The minimum atomic E-state index is 0.209. The Morgan fingerprint density at radius 3 is 2.64 bits per heavy atom. The van der Waals surface area contributed by atoms with E-state index < -0.39 is 0 Å². The van der Waals surface area contributed by atoms with Gasteiger partial charge in [0.1, 0.15) is 11.6 Å². The molecular weight excluding hydrogens is 178 g/mol. The van der Waals surface area contributed by atoms with Gasteiger partial charge >= 0.3 is 0 Å². The first-order valence-electron chi connectivity index (χ1n) is 4.12. The molecule has 0 atom stereocenters. The van der Waals surface area contributed by atoms with E-state index in [0.29, 0.717) is 11.5 Å². The lowest BCUT2D eigenvalue weighted by Gasteiger charge is -2.00. The molecular formula is C10H9N3O. The highest BCUT2D eigenvalue weighted by molar-refractivity contribution is 5.60. The number of hydrogen-bond acceptors (Lipinski definition) is 4. The number of nitrogen functional groups attached to an aromatic ring is 1. The Hall–Kier alpha value is -2.10. The Morgan fingerprint density at radius 2 is 2.00 bits per heavy atom. The summed E-state index contributed by atoms with van der Waals surface area (Å²) in [5.41, 5.74) is 6.92. The second kappa shape index (κ2) is 3.33. The third-order valence-corrected chi connectivity index (χ3v) is 1.81. The molecule has 0 saturated heterocycles. The Labute approximate surface area is 81.1 Å². The van der Waals surface area contributed by atoms with Crippen molar-refractivity contribution in [1.29, 1.82) is 0 Å². The van der Waals surface area contributed by atoms with E-state index in [2.05, 4.69) is 9.97 Å². The van der Waals surface area contributed by atoms with Crippen LogP contribution in [0.25, 0.3) is 11.3 Å². The van der Waals surface area contributed by atoms with Gasteiger partial charge in [-0.3, -0.25) is 4.98 Å². The quantitative estimate of drug-likeness (QED) is 0.708. The fraction of sp³-hybridized carbons (Fsp3) is 0. The zero-order valence-electron chi connectivity index (χ0n) is 7.38. The van der Waals surface area contributed by atoms with Gasteiger partial charge in [-0.25, -0.2) is 4.98 Å². The number of anilines is 1. The zero-order chi connectivity index (χ0) is 9.97. The number of nitrogens with zero attached hydrogens (tertiary/aromatic N) is 2. The largest absolute Gasteiger partial charge is 0.508 e. The molecule has 0 saturated carbocycles. The topological polar surface area (TPSA) is 72.0 Å². The van der Waals surface area contributed by atoms with Crippen molar-refractivity contribution in [1.82, 2.24) is 9.97 Å². The van der Waals surface area contributed by atoms with E-state index in [0.717, 1.165) is 5.56 Å². The summed E-state index contributed by atoms with van der Waals surface area (Å²) < 4.78 is 0. The fourth-order valence-corrected chi connectivity index (χ4v) is 1.15. The highest BCUT2D eigenvalue weighted by Gasteiger charge is 1.99. The summed E-state index contributed by atoms with van der Waals surface area (Å²) in [6, 6.07) is 6.83. The maximum Gasteiger partial charge on any atom is 0.141 e. The highest BCUT2D eigenvalue weighted by Crippen LogP contribution is 2.20. The third kappa shape index (κ3) is 1.64. The second-order valence-corrected chi connectivity index (χ2v) is 2.88. The van der Waals surface area contributed by atoms with Gasteiger partial charge in [0.15, 0.2) is 0 Å². The monoisotopic (exact) mass is 187 g/mol. The molecule has 1 heterocycles. The lowest BCUT2D eigenvalue weighted by molar-refractivity contribution is 0.475. The predicted octanol–water partition coefficient (Wildman–Crippen LogP) is 1.43. The molecule has 4 heteroatoms. The molecule has 0 fully saturated rings. The summed E-state index contributed by atoms with van der Waals surface area (Å²) in [5.74, 6) is 0.593. The van der Waals surface area contributed by atoms with Crippen molar-refractivity contribution in [3.05, 3.63) is 36.7 Å². The third-order valence-electron chi connectivity index (χ3n) is 1.81. The summed E-state index contributed by atoms with van der Waals surface area (Å²) in [5, 5.41) is 9.26. The first-order chi connectivity index (χ1) is 6.75. The summed E-state index contributed by atoms with van der Waals surface area (Å²) in [4.78, 5) is 8.01. The van der Waals surface area contributed by atoms with Crippen molar-refractivity contribution in [2.45, 2.75) is 0 Å². The zero-order valence-corrected chi connectivity index (χ0v) is 7.38. The maximum absolute atomic E-state index is 9.26. The van der Waals surface area contributed by atoms with E-state index >= 15 is 0 Å². The molecule has 2 aromatic rings. The summed E-state index contributed by atoms with van der Waals surface area (Å²) in [7, 11) is 0. The first kappa shape index (κ1) is 8.50. The van der Waals surface area contributed by atoms with Crippen LogP contribution in [0.1, 0.15) is 0 Å². The van der Waals surface area contributed by atoms with E-state index in [1.165, 1.54) is 6.20 Å². The number of phenolic OH excluding ortho intramolecular Hbond substituents is 1. The van der Waals surface area contributed by atoms with Gasteiger partial charge in [0.25, 0.3) is 0 Å². The smallest absolute Gasteiger partial charge is 0.141 e. The van der Waals surface area contributed by atoms with Crippen molar-refractivity contribution in [2.24, 2.45) is 0 Å². The summed E-state index contributed by atoms with van der Waals surface area (Å²) in [6.45, 7) is 0. The van der Waals surface area contributed by atoms with Crippen LogP contribution in [0.5, 0.6) is 5.75 Å². The van der Waals surface area contributed by atoms with E-state index in [4.69, 9.17) is 5.73 Å². The number of phenols is 1. The van der Waals surface area contributed by atoms with Gasteiger partial charge in [0, 0.05) is 5.56 Å². The molecule has 14 heavy (non-hydrogen) atoms. The average molecular weight is 187 g/mol. The molecule has 4 nitrogen and oxygen atoms in total. The van der Waals surface area contributed by atoms with Crippen LogP contribution in [0.4, 0.5) is 5.82 Å². The van der Waals surface area contributed by atoms with Crippen molar-refractivity contribution >= 4 is 5.82 Å². The molecule has 0 unspecified atom stereocenters. The lowest BCUT2D eigenvalue weighted by atomic mass is 10.1. The van der Waals surface area contributed by atoms with Crippen molar-refractivity contribution in [2.75, 3.05) is 5.73 Å². The Morgan fingerprint density at radius 1 is 1.14 bits per heavy atom. The molecule has 0 spiro atoms.